The summed E-state index contributed by atoms with van der Waals surface area (Å²) in [5.74, 6) is -0.289. The summed E-state index contributed by atoms with van der Waals surface area (Å²) in [6, 6.07) is 0. The van der Waals surface area contributed by atoms with Gasteiger partial charge >= 0.3 is 0 Å². The summed E-state index contributed by atoms with van der Waals surface area (Å²) in [6.45, 7) is 4.96. The molecular formula is C7H15NO3. The third-order valence-electron chi connectivity index (χ3n) is 2.20. The molecule has 0 aliphatic heterocycles. The number of hydrogen-bond donors (Lipinski definition) is 1. The molecule has 0 rings (SSSR count). The maximum Gasteiger partial charge on any atom is 0.209 e. The quantitative estimate of drug-likeness (QED) is 0.495. The van der Waals surface area contributed by atoms with Gasteiger partial charge in [0.1, 0.15) is 0 Å². The van der Waals surface area contributed by atoms with Crippen molar-refractivity contribution in [3.05, 3.63) is 10.1 Å². The van der Waals surface area contributed by atoms with Gasteiger partial charge in [-0.1, -0.05) is 13.8 Å². The van der Waals surface area contributed by atoms with Gasteiger partial charge in [0, 0.05) is 10.8 Å². The Bertz CT molecular complexity index is 145. The molecule has 0 aliphatic rings. The van der Waals surface area contributed by atoms with Crippen molar-refractivity contribution in [1.29, 1.82) is 0 Å². The molecule has 0 saturated heterocycles. The summed E-state index contributed by atoms with van der Waals surface area (Å²) in [5, 5.41) is 19.6. The van der Waals surface area contributed by atoms with Gasteiger partial charge in [-0.3, -0.25) is 10.1 Å². The molecule has 0 saturated carbocycles. The molecular weight excluding hydrogens is 146 g/mol. The van der Waals surface area contributed by atoms with Gasteiger partial charge in [0.2, 0.25) is 6.54 Å². The maximum absolute atomic E-state index is 10.1. The van der Waals surface area contributed by atoms with Crippen molar-refractivity contribution in [2.45, 2.75) is 32.8 Å². The molecule has 4 nitrogen and oxygen atoms in total. The largest absolute Gasteiger partial charge is 0.390 e. The van der Waals surface area contributed by atoms with E-state index in [1.54, 1.807) is 13.8 Å². The normalized spacial score (nSPS) is 18.9. The molecule has 1 N–H and O–H groups in total. The van der Waals surface area contributed by atoms with E-state index < -0.39 is 10.5 Å². The smallest absolute Gasteiger partial charge is 0.209 e. The minimum Gasteiger partial charge on any atom is -0.390 e. The first-order valence-corrected chi connectivity index (χ1v) is 3.74. The van der Waals surface area contributed by atoms with Gasteiger partial charge in [-0.05, 0) is 13.3 Å². The highest BCUT2D eigenvalue weighted by molar-refractivity contribution is 4.76. The van der Waals surface area contributed by atoms with Crippen LogP contribution in [0.4, 0.5) is 0 Å². The van der Waals surface area contributed by atoms with E-state index in [-0.39, 0.29) is 12.5 Å². The van der Waals surface area contributed by atoms with Crippen molar-refractivity contribution in [2.75, 3.05) is 6.54 Å². The van der Waals surface area contributed by atoms with Crippen molar-refractivity contribution in [2.24, 2.45) is 5.92 Å². The lowest BCUT2D eigenvalue weighted by atomic mass is 9.88. The SMILES string of the molecule is CCC(C)(O)C(C)C[N+](=O)[O-]. The average Bonchev–Trinajstić information content (AvgIpc) is 1.86. The van der Waals surface area contributed by atoms with Gasteiger partial charge < -0.3 is 5.11 Å². The lowest BCUT2D eigenvalue weighted by Crippen LogP contribution is -2.36. The van der Waals surface area contributed by atoms with Crippen LogP contribution in [-0.4, -0.2) is 22.2 Å². The highest BCUT2D eigenvalue weighted by Gasteiger charge is 2.29. The number of nitrogens with zero attached hydrogens (tertiary/aromatic N) is 1. The standard InChI is InChI=1S/C7H15NO3/c1-4-7(3,9)6(2)5-8(10)11/h6,9H,4-5H2,1-3H3. The van der Waals surface area contributed by atoms with E-state index in [2.05, 4.69) is 0 Å². The molecule has 0 spiro atoms. The van der Waals surface area contributed by atoms with Crippen LogP contribution in [0.2, 0.25) is 0 Å². The molecule has 2 atom stereocenters. The Balaban J connectivity index is 4.01. The highest BCUT2D eigenvalue weighted by atomic mass is 16.6. The van der Waals surface area contributed by atoms with E-state index in [0.717, 1.165) is 0 Å². The lowest BCUT2D eigenvalue weighted by molar-refractivity contribution is -0.491. The number of hydrogen-bond acceptors (Lipinski definition) is 3. The molecule has 0 bridgehead atoms. The van der Waals surface area contributed by atoms with E-state index in [4.69, 9.17) is 0 Å². The fourth-order valence-electron chi connectivity index (χ4n) is 0.769. The third kappa shape index (κ3) is 3.32. The van der Waals surface area contributed by atoms with Gasteiger partial charge in [0.05, 0.1) is 5.60 Å². The first-order chi connectivity index (χ1) is 4.90. The predicted octanol–water partition coefficient (Wildman–Crippen LogP) is 1.06. The van der Waals surface area contributed by atoms with Crippen LogP contribution in [-0.2, 0) is 0 Å². The van der Waals surface area contributed by atoms with E-state index >= 15 is 0 Å². The van der Waals surface area contributed by atoms with Crippen LogP contribution in [0.15, 0.2) is 0 Å². The van der Waals surface area contributed by atoms with Gasteiger partial charge in [-0.2, -0.15) is 0 Å². The zero-order valence-electron chi connectivity index (χ0n) is 7.20. The minimum atomic E-state index is -0.910. The number of rotatable bonds is 4. The Hall–Kier alpha value is -0.640. The number of nitro groups is 1. The molecule has 0 radical (unpaired) electrons. The van der Waals surface area contributed by atoms with Crippen molar-refractivity contribution in [3.63, 3.8) is 0 Å². The van der Waals surface area contributed by atoms with Crippen molar-refractivity contribution in [3.8, 4) is 0 Å². The second-order valence-electron chi connectivity index (χ2n) is 3.13. The summed E-state index contributed by atoms with van der Waals surface area (Å²) in [5.41, 5.74) is -0.910. The molecule has 2 unspecified atom stereocenters. The van der Waals surface area contributed by atoms with Crippen LogP contribution in [0.3, 0.4) is 0 Å². The molecule has 0 aromatic heterocycles. The maximum atomic E-state index is 10.1. The molecule has 66 valence electrons. The Morgan fingerprint density at radius 3 is 2.45 bits per heavy atom. The Morgan fingerprint density at radius 1 is 1.73 bits per heavy atom. The van der Waals surface area contributed by atoms with Crippen molar-refractivity contribution >= 4 is 0 Å². The van der Waals surface area contributed by atoms with Crippen LogP contribution < -0.4 is 0 Å². The predicted molar refractivity (Wildman–Crippen MR) is 41.9 cm³/mol. The summed E-state index contributed by atoms with van der Waals surface area (Å²) < 4.78 is 0. The minimum absolute atomic E-state index is 0.166. The van der Waals surface area contributed by atoms with Crippen molar-refractivity contribution in [1.82, 2.24) is 0 Å². The monoisotopic (exact) mass is 161 g/mol. The molecule has 0 heterocycles. The van der Waals surface area contributed by atoms with Gasteiger partial charge in [0.15, 0.2) is 0 Å². The van der Waals surface area contributed by atoms with Gasteiger partial charge in [-0.25, -0.2) is 0 Å². The molecule has 0 amide bonds. The van der Waals surface area contributed by atoms with E-state index in [0.29, 0.717) is 6.42 Å². The molecule has 0 fully saturated rings. The second kappa shape index (κ2) is 3.67. The van der Waals surface area contributed by atoms with Crippen LogP contribution >= 0.6 is 0 Å². The van der Waals surface area contributed by atoms with E-state index in [9.17, 15) is 15.2 Å². The first-order valence-electron chi connectivity index (χ1n) is 3.74. The van der Waals surface area contributed by atoms with Crippen LogP contribution in [0.25, 0.3) is 0 Å². The third-order valence-corrected chi connectivity index (χ3v) is 2.20. The first kappa shape index (κ1) is 10.4. The second-order valence-corrected chi connectivity index (χ2v) is 3.13. The fourth-order valence-corrected chi connectivity index (χ4v) is 0.769. The lowest BCUT2D eigenvalue weighted by Gasteiger charge is -2.25. The Labute approximate surface area is 66.4 Å². The van der Waals surface area contributed by atoms with Crippen LogP contribution in [0.1, 0.15) is 27.2 Å². The molecule has 0 aliphatic carbocycles. The fraction of sp³-hybridized carbons (Fsp3) is 1.00. The molecule has 4 heteroatoms. The molecule has 0 aromatic rings. The van der Waals surface area contributed by atoms with E-state index in [1.807, 2.05) is 6.92 Å². The van der Waals surface area contributed by atoms with E-state index in [1.165, 1.54) is 0 Å². The summed E-state index contributed by atoms with van der Waals surface area (Å²) >= 11 is 0. The summed E-state index contributed by atoms with van der Waals surface area (Å²) in [7, 11) is 0. The Kier molecular flexibility index (Phi) is 3.45. The average molecular weight is 161 g/mol. The van der Waals surface area contributed by atoms with Crippen LogP contribution in [0.5, 0.6) is 0 Å². The number of aliphatic hydroxyl groups is 1. The highest BCUT2D eigenvalue weighted by Crippen LogP contribution is 2.20. The summed E-state index contributed by atoms with van der Waals surface area (Å²) in [4.78, 5) is 9.67. The zero-order chi connectivity index (χ0) is 9.07. The Morgan fingerprint density at radius 2 is 2.18 bits per heavy atom. The van der Waals surface area contributed by atoms with Crippen LogP contribution in [0, 0.1) is 16.0 Å². The molecule has 11 heavy (non-hydrogen) atoms. The summed E-state index contributed by atoms with van der Waals surface area (Å²) in [6.07, 6.45) is 0.544. The zero-order valence-corrected chi connectivity index (χ0v) is 7.20. The topological polar surface area (TPSA) is 63.4 Å². The molecule has 0 aromatic carbocycles. The van der Waals surface area contributed by atoms with Gasteiger partial charge in [0.25, 0.3) is 0 Å². The van der Waals surface area contributed by atoms with Crippen molar-refractivity contribution < 1.29 is 10.0 Å². The van der Waals surface area contributed by atoms with Gasteiger partial charge in [-0.15, -0.1) is 0 Å².